The number of imide groups is 1. The molecule has 2 heterocycles. The Balaban J connectivity index is 1.83. The summed E-state index contributed by atoms with van der Waals surface area (Å²) in [5.41, 5.74) is 3.37. The monoisotopic (exact) mass is 432 g/mol. The van der Waals surface area contributed by atoms with Crippen molar-refractivity contribution < 1.29 is 14.3 Å². The van der Waals surface area contributed by atoms with Gasteiger partial charge in [-0.2, -0.15) is 0 Å². The lowest BCUT2D eigenvalue weighted by Gasteiger charge is -2.25. The SMILES string of the molecule is CCN(Cc1ccccc1)C1=C(c2cccs2)C(=O)N(c2cc(C)ccc2OC)C1=O. The molecule has 4 rings (SSSR count). The van der Waals surface area contributed by atoms with Crippen molar-refractivity contribution >= 4 is 34.4 Å². The number of ether oxygens (including phenoxy) is 1. The van der Waals surface area contributed by atoms with E-state index < -0.39 is 0 Å². The largest absolute Gasteiger partial charge is 0.495 e. The third-order valence-electron chi connectivity index (χ3n) is 5.32. The molecule has 0 radical (unpaired) electrons. The molecule has 3 aromatic rings. The quantitative estimate of drug-likeness (QED) is 0.500. The van der Waals surface area contributed by atoms with Gasteiger partial charge < -0.3 is 9.64 Å². The van der Waals surface area contributed by atoms with Gasteiger partial charge in [-0.3, -0.25) is 9.59 Å². The van der Waals surface area contributed by atoms with E-state index in [0.29, 0.717) is 35.8 Å². The third kappa shape index (κ3) is 3.86. The minimum absolute atomic E-state index is 0.321. The van der Waals surface area contributed by atoms with Crippen molar-refractivity contribution in [1.82, 2.24) is 4.90 Å². The minimum Gasteiger partial charge on any atom is -0.495 e. The summed E-state index contributed by atoms with van der Waals surface area (Å²) < 4.78 is 5.48. The van der Waals surface area contributed by atoms with Crippen LogP contribution in [0.15, 0.2) is 71.7 Å². The van der Waals surface area contributed by atoms with Crippen LogP contribution in [0, 0.1) is 6.92 Å². The Kier molecular flexibility index (Phi) is 5.91. The highest BCUT2D eigenvalue weighted by Gasteiger charge is 2.43. The van der Waals surface area contributed by atoms with Crippen molar-refractivity contribution in [2.24, 2.45) is 0 Å². The first-order valence-corrected chi connectivity index (χ1v) is 11.0. The summed E-state index contributed by atoms with van der Waals surface area (Å²) in [6.45, 7) is 5.06. The summed E-state index contributed by atoms with van der Waals surface area (Å²) in [5.74, 6) is -0.155. The number of benzene rings is 2. The molecular weight excluding hydrogens is 408 g/mol. The molecule has 2 aromatic carbocycles. The van der Waals surface area contributed by atoms with Crippen LogP contribution in [0.2, 0.25) is 0 Å². The number of amides is 2. The van der Waals surface area contributed by atoms with Crippen LogP contribution in [0.5, 0.6) is 5.75 Å². The highest BCUT2D eigenvalue weighted by atomic mass is 32.1. The van der Waals surface area contributed by atoms with Gasteiger partial charge in [0.2, 0.25) is 0 Å². The van der Waals surface area contributed by atoms with Gasteiger partial charge in [-0.05, 0) is 48.6 Å². The molecule has 0 saturated heterocycles. The molecule has 0 aliphatic carbocycles. The number of nitrogens with zero attached hydrogens (tertiary/aromatic N) is 2. The zero-order valence-electron chi connectivity index (χ0n) is 17.8. The number of thiophene rings is 1. The summed E-state index contributed by atoms with van der Waals surface area (Å²) in [6.07, 6.45) is 0. The second kappa shape index (κ2) is 8.78. The Morgan fingerprint density at radius 2 is 1.77 bits per heavy atom. The normalized spacial score (nSPS) is 13.8. The summed E-state index contributed by atoms with van der Waals surface area (Å²) in [7, 11) is 1.54. The Hall–Kier alpha value is -3.38. The first-order chi connectivity index (χ1) is 15.0. The van der Waals surface area contributed by atoms with Crippen molar-refractivity contribution in [2.45, 2.75) is 20.4 Å². The van der Waals surface area contributed by atoms with Crippen molar-refractivity contribution in [3.63, 3.8) is 0 Å². The van der Waals surface area contributed by atoms with Crippen molar-refractivity contribution in [3.05, 3.63) is 87.7 Å². The Labute approximate surface area is 186 Å². The fraction of sp³-hybridized carbons (Fsp3) is 0.200. The molecular formula is C25H24N2O3S. The number of methoxy groups -OCH3 is 1. The highest BCUT2D eigenvalue weighted by Crippen LogP contribution is 2.40. The molecule has 0 N–H and O–H groups in total. The maximum Gasteiger partial charge on any atom is 0.282 e. The predicted octanol–water partition coefficient (Wildman–Crippen LogP) is 4.87. The van der Waals surface area contributed by atoms with Gasteiger partial charge in [0.1, 0.15) is 11.4 Å². The number of hydrogen-bond acceptors (Lipinski definition) is 5. The molecule has 31 heavy (non-hydrogen) atoms. The fourth-order valence-electron chi connectivity index (χ4n) is 3.80. The molecule has 0 atom stereocenters. The average molecular weight is 433 g/mol. The molecule has 2 amide bonds. The second-order valence-corrected chi connectivity index (χ2v) is 8.27. The minimum atomic E-state index is -0.324. The van der Waals surface area contributed by atoms with E-state index in [9.17, 15) is 9.59 Å². The van der Waals surface area contributed by atoms with E-state index in [0.717, 1.165) is 16.0 Å². The van der Waals surface area contributed by atoms with Crippen LogP contribution < -0.4 is 9.64 Å². The Morgan fingerprint density at radius 3 is 2.42 bits per heavy atom. The number of carbonyl (C=O) groups is 2. The van der Waals surface area contributed by atoms with Gasteiger partial charge in [0.25, 0.3) is 11.8 Å². The lowest BCUT2D eigenvalue weighted by atomic mass is 10.1. The first kappa shape index (κ1) is 20.9. The molecule has 1 aliphatic heterocycles. The number of anilines is 1. The number of hydrogen-bond donors (Lipinski definition) is 0. The average Bonchev–Trinajstić information content (AvgIpc) is 3.39. The van der Waals surface area contributed by atoms with E-state index in [2.05, 4.69) is 0 Å². The van der Waals surface area contributed by atoms with Crippen LogP contribution in [0.3, 0.4) is 0 Å². The summed E-state index contributed by atoms with van der Waals surface area (Å²) in [6, 6.07) is 19.2. The standard InChI is InChI=1S/C25H24N2O3S/c1-4-26(16-18-9-6-5-7-10-18)23-22(21-11-8-14-31-21)24(28)27(25(23)29)19-15-17(2)12-13-20(19)30-3/h5-15H,4,16H2,1-3H3. The van der Waals surface area contributed by atoms with Crippen LogP contribution in [-0.2, 0) is 16.1 Å². The van der Waals surface area contributed by atoms with E-state index in [-0.39, 0.29) is 11.8 Å². The molecule has 1 aliphatic rings. The maximum absolute atomic E-state index is 13.7. The molecule has 5 nitrogen and oxygen atoms in total. The zero-order chi connectivity index (χ0) is 22.0. The van der Waals surface area contributed by atoms with E-state index in [1.54, 1.807) is 13.2 Å². The van der Waals surface area contributed by atoms with Crippen LogP contribution in [0.4, 0.5) is 5.69 Å². The van der Waals surface area contributed by atoms with Crippen molar-refractivity contribution in [3.8, 4) is 5.75 Å². The van der Waals surface area contributed by atoms with Crippen LogP contribution in [-0.4, -0.2) is 30.4 Å². The fourth-order valence-corrected chi connectivity index (χ4v) is 4.56. The summed E-state index contributed by atoms with van der Waals surface area (Å²) in [5, 5.41) is 1.92. The number of likely N-dealkylation sites (N-methyl/N-ethyl adjacent to an activating group) is 1. The summed E-state index contributed by atoms with van der Waals surface area (Å²) >= 11 is 1.46. The molecule has 0 saturated carbocycles. The van der Waals surface area contributed by atoms with Gasteiger partial charge in [0.05, 0.1) is 18.4 Å². The van der Waals surface area contributed by atoms with Gasteiger partial charge in [-0.25, -0.2) is 4.90 Å². The topological polar surface area (TPSA) is 49.9 Å². The molecule has 1 aromatic heterocycles. The van der Waals surface area contributed by atoms with Gasteiger partial charge in [0.15, 0.2) is 0 Å². The number of carbonyl (C=O) groups excluding carboxylic acids is 2. The predicted molar refractivity (Wildman–Crippen MR) is 124 cm³/mol. The van der Waals surface area contributed by atoms with E-state index in [4.69, 9.17) is 4.74 Å². The van der Waals surface area contributed by atoms with Crippen LogP contribution in [0.25, 0.3) is 5.57 Å². The van der Waals surface area contributed by atoms with Crippen LogP contribution in [0.1, 0.15) is 22.9 Å². The molecule has 0 fully saturated rings. The van der Waals surface area contributed by atoms with Crippen molar-refractivity contribution in [1.29, 1.82) is 0 Å². The number of rotatable bonds is 7. The van der Waals surface area contributed by atoms with Crippen LogP contribution >= 0.6 is 11.3 Å². The van der Waals surface area contributed by atoms with Gasteiger partial charge >= 0.3 is 0 Å². The van der Waals surface area contributed by atoms with Gasteiger partial charge in [-0.1, -0.05) is 42.5 Å². The van der Waals surface area contributed by atoms with E-state index >= 15 is 0 Å². The van der Waals surface area contributed by atoms with Gasteiger partial charge in [-0.15, -0.1) is 11.3 Å². The first-order valence-electron chi connectivity index (χ1n) is 10.2. The zero-order valence-corrected chi connectivity index (χ0v) is 18.6. The maximum atomic E-state index is 13.7. The Morgan fingerprint density at radius 1 is 1.00 bits per heavy atom. The molecule has 6 heteroatoms. The summed E-state index contributed by atoms with van der Waals surface area (Å²) in [4.78, 5) is 31.4. The molecule has 158 valence electrons. The Bertz CT molecular complexity index is 1140. The lowest BCUT2D eigenvalue weighted by molar-refractivity contribution is -0.120. The third-order valence-corrected chi connectivity index (χ3v) is 6.20. The molecule has 0 unspecified atom stereocenters. The van der Waals surface area contributed by atoms with E-state index in [1.807, 2.05) is 78.7 Å². The second-order valence-electron chi connectivity index (χ2n) is 7.32. The highest BCUT2D eigenvalue weighted by molar-refractivity contribution is 7.11. The smallest absolute Gasteiger partial charge is 0.282 e. The lowest BCUT2D eigenvalue weighted by Crippen LogP contribution is -2.35. The molecule has 0 spiro atoms. The van der Waals surface area contributed by atoms with E-state index in [1.165, 1.54) is 16.2 Å². The molecule has 0 bridgehead atoms. The number of aryl methyl sites for hydroxylation is 1. The van der Waals surface area contributed by atoms with Crippen molar-refractivity contribution in [2.75, 3.05) is 18.6 Å². The van der Waals surface area contributed by atoms with Gasteiger partial charge in [0, 0.05) is 18.0 Å².